The minimum atomic E-state index is -0.303. The van der Waals surface area contributed by atoms with Gasteiger partial charge in [0.1, 0.15) is 11.5 Å². The summed E-state index contributed by atoms with van der Waals surface area (Å²) in [4.78, 5) is 12.1. The highest BCUT2D eigenvalue weighted by molar-refractivity contribution is 5.97. The van der Waals surface area contributed by atoms with Crippen LogP contribution in [0.4, 0.5) is 0 Å². The molecule has 0 saturated carbocycles. The van der Waals surface area contributed by atoms with Gasteiger partial charge in [-0.25, -0.2) is 0 Å². The van der Waals surface area contributed by atoms with Crippen LogP contribution in [0.5, 0.6) is 11.5 Å². The Labute approximate surface area is 112 Å². The first-order chi connectivity index (χ1) is 9.11. The minimum absolute atomic E-state index is 0.0596. The van der Waals surface area contributed by atoms with Crippen molar-refractivity contribution in [2.24, 2.45) is 0 Å². The molecule has 0 unspecified atom stereocenters. The third-order valence-electron chi connectivity index (χ3n) is 3.33. The lowest BCUT2D eigenvalue weighted by Gasteiger charge is -2.20. The molecule has 0 radical (unpaired) electrons. The smallest absolute Gasteiger partial charge is 0.255 e. The largest absolute Gasteiger partial charge is 0.507 e. The Morgan fingerprint density at radius 1 is 1.58 bits per heavy atom. The quantitative estimate of drug-likeness (QED) is 0.869. The van der Waals surface area contributed by atoms with Gasteiger partial charge >= 0.3 is 0 Å². The van der Waals surface area contributed by atoms with Crippen molar-refractivity contribution in [3.8, 4) is 11.5 Å². The number of hydrogen-bond acceptors (Lipinski definition) is 4. The molecule has 0 aliphatic carbocycles. The zero-order valence-corrected chi connectivity index (χ0v) is 11.2. The number of phenolic OH excluding ortho intramolecular Hbond substituents is 1. The van der Waals surface area contributed by atoms with E-state index in [0.717, 1.165) is 19.4 Å². The topological polar surface area (TPSA) is 67.8 Å². The van der Waals surface area contributed by atoms with Gasteiger partial charge in [-0.2, -0.15) is 0 Å². The number of carbonyl (C=O) groups is 1. The van der Waals surface area contributed by atoms with Crippen LogP contribution in [0.25, 0.3) is 0 Å². The molecule has 1 heterocycles. The molecular formula is C14H19NO4. The molecule has 1 fully saturated rings. The van der Waals surface area contributed by atoms with Crippen LogP contribution in [-0.4, -0.2) is 36.9 Å². The maximum Gasteiger partial charge on any atom is 0.255 e. The van der Waals surface area contributed by atoms with Crippen LogP contribution in [0.15, 0.2) is 18.2 Å². The van der Waals surface area contributed by atoms with Crippen molar-refractivity contribution in [3.05, 3.63) is 23.8 Å². The molecule has 0 aromatic heterocycles. The van der Waals surface area contributed by atoms with E-state index >= 15 is 0 Å². The number of aromatic hydroxyl groups is 1. The summed E-state index contributed by atoms with van der Waals surface area (Å²) in [5.74, 6) is 0.126. The Balaban J connectivity index is 2.02. The van der Waals surface area contributed by atoms with Crippen molar-refractivity contribution in [1.29, 1.82) is 0 Å². The van der Waals surface area contributed by atoms with Gasteiger partial charge in [0.25, 0.3) is 5.91 Å². The number of amides is 1. The summed E-state index contributed by atoms with van der Waals surface area (Å²) < 4.78 is 10.5. The monoisotopic (exact) mass is 265 g/mol. The van der Waals surface area contributed by atoms with E-state index in [1.165, 1.54) is 13.2 Å². The van der Waals surface area contributed by atoms with Crippen LogP contribution in [0.1, 0.15) is 30.1 Å². The van der Waals surface area contributed by atoms with E-state index in [1.807, 2.05) is 6.92 Å². The Kier molecular flexibility index (Phi) is 4.27. The van der Waals surface area contributed by atoms with Gasteiger partial charge in [-0.15, -0.1) is 0 Å². The fourth-order valence-corrected chi connectivity index (χ4v) is 2.20. The van der Waals surface area contributed by atoms with Crippen molar-refractivity contribution in [2.75, 3.05) is 13.7 Å². The summed E-state index contributed by atoms with van der Waals surface area (Å²) in [7, 11) is 1.51. The number of hydrogen-bond donors (Lipinski definition) is 2. The molecular weight excluding hydrogens is 246 g/mol. The average Bonchev–Trinajstić information content (AvgIpc) is 2.92. The first-order valence-electron chi connectivity index (χ1n) is 6.41. The first kappa shape index (κ1) is 13.7. The third-order valence-corrected chi connectivity index (χ3v) is 3.33. The highest BCUT2D eigenvalue weighted by Crippen LogP contribution is 2.24. The Morgan fingerprint density at radius 3 is 2.95 bits per heavy atom. The number of ether oxygens (including phenoxy) is 2. The summed E-state index contributed by atoms with van der Waals surface area (Å²) in [6.07, 6.45) is 2.04. The molecule has 1 aromatic rings. The van der Waals surface area contributed by atoms with Crippen LogP contribution in [0.2, 0.25) is 0 Å². The first-order valence-corrected chi connectivity index (χ1v) is 6.41. The number of phenols is 1. The number of carbonyl (C=O) groups excluding carboxylic acids is 1. The van der Waals surface area contributed by atoms with Gasteiger partial charge in [-0.05, 0) is 31.9 Å². The molecule has 1 aromatic carbocycles. The maximum absolute atomic E-state index is 12.1. The normalized spacial score (nSPS) is 20.0. The zero-order chi connectivity index (χ0) is 13.8. The van der Waals surface area contributed by atoms with E-state index in [0.29, 0.717) is 5.75 Å². The molecule has 5 nitrogen and oxygen atoms in total. The van der Waals surface area contributed by atoms with Crippen LogP contribution in [-0.2, 0) is 4.74 Å². The lowest BCUT2D eigenvalue weighted by atomic mass is 10.1. The van der Waals surface area contributed by atoms with Crippen LogP contribution in [0, 0.1) is 0 Å². The Morgan fingerprint density at radius 2 is 2.37 bits per heavy atom. The molecule has 1 saturated heterocycles. The summed E-state index contributed by atoms with van der Waals surface area (Å²) in [5, 5.41) is 12.7. The van der Waals surface area contributed by atoms with E-state index in [2.05, 4.69) is 5.32 Å². The third kappa shape index (κ3) is 3.17. The number of methoxy groups -OCH3 is 1. The van der Waals surface area contributed by atoms with Crippen molar-refractivity contribution in [1.82, 2.24) is 5.32 Å². The van der Waals surface area contributed by atoms with E-state index in [9.17, 15) is 9.90 Å². The van der Waals surface area contributed by atoms with E-state index < -0.39 is 0 Å². The fourth-order valence-electron chi connectivity index (χ4n) is 2.20. The van der Waals surface area contributed by atoms with Crippen molar-refractivity contribution in [3.63, 3.8) is 0 Å². The molecule has 2 rings (SSSR count). The second-order valence-electron chi connectivity index (χ2n) is 4.70. The van der Waals surface area contributed by atoms with Gasteiger partial charge in [0.05, 0.1) is 24.8 Å². The van der Waals surface area contributed by atoms with Crippen molar-refractivity contribution < 1.29 is 19.4 Å². The molecule has 1 aliphatic heterocycles. The maximum atomic E-state index is 12.1. The fraction of sp³-hybridized carbons (Fsp3) is 0.500. The lowest BCUT2D eigenvalue weighted by molar-refractivity contribution is 0.0711. The van der Waals surface area contributed by atoms with Crippen LogP contribution < -0.4 is 10.1 Å². The zero-order valence-electron chi connectivity index (χ0n) is 11.2. The number of nitrogens with one attached hydrogen (secondary N) is 1. The second-order valence-corrected chi connectivity index (χ2v) is 4.70. The number of benzene rings is 1. The van der Waals surface area contributed by atoms with Gasteiger partial charge in [-0.3, -0.25) is 4.79 Å². The van der Waals surface area contributed by atoms with E-state index in [4.69, 9.17) is 9.47 Å². The van der Waals surface area contributed by atoms with E-state index in [-0.39, 0.29) is 29.4 Å². The number of rotatable bonds is 4. The summed E-state index contributed by atoms with van der Waals surface area (Å²) in [6.45, 7) is 2.66. The second kappa shape index (κ2) is 5.93. The summed E-state index contributed by atoms with van der Waals surface area (Å²) >= 11 is 0. The molecule has 104 valence electrons. The van der Waals surface area contributed by atoms with Gasteiger partial charge in [0, 0.05) is 12.7 Å². The van der Waals surface area contributed by atoms with Crippen molar-refractivity contribution in [2.45, 2.75) is 31.9 Å². The molecule has 2 N–H and O–H groups in total. The Bertz CT molecular complexity index is 455. The Hall–Kier alpha value is -1.75. The minimum Gasteiger partial charge on any atom is -0.507 e. The van der Waals surface area contributed by atoms with Gasteiger partial charge in [0.15, 0.2) is 0 Å². The molecule has 0 bridgehead atoms. The standard InChI is InChI=1S/C14H19NO4/c1-9(13-4-3-7-19-13)15-14(17)11-6-5-10(18-2)8-12(11)16/h5-6,8-9,13,16H,3-4,7H2,1-2H3,(H,15,17)/t9-,13-/m0/s1. The highest BCUT2D eigenvalue weighted by Gasteiger charge is 2.24. The molecule has 1 amide bonds. The predicted molar refractivity (Wildman–Crippen MR) is 70.6 cm³/mol. The predicted octanol–water partition coefficient (Wildman–Crippen LogP) is 1.70. The molecule has 19 heavy (non-hydrogen) atoms. The highest BCUT2D eigenvalue weighted by atomic mass is 16.5. The van der Waals surface area contributed by atoms with Gasteiger partial charge < -0.3 is 19.9 Å². The van der Waals surface area contributed by atoms with Gasteiger partial charge in [-0.1, -0.05) is 0 Å². The molecule has 1 aliphatic rings. The van der Waals surface area contributed by atoms with E-state index in [1.54, 1.807) is 12.1 Å². The summed E-state index contributed by atoms with van der Waals surface area (Å²) in [5.41, 5.74) is 0.241. The van der Waals surface area contributed by atoms with Crippen molar-refractivity contribution >= 4 is 5.91 Å². The average molecular weight is 265 g/mol. The van der Waals surface area contributed by atoms with Crippen LogP contribution >= 0.6 is 0 Å². The van der Waals surface area contributed by atoms with Gasteiger partial charge in [0.2, 0.25) is 0 Å². The SMILES string of the molecule is COc1ccc(C(=O)N[C@@H](C)[C@@H]2CCCO2)c(O)c1. The molecule has 2 atom stereocenters. The molecule has 0 spiro atoms. The van der Waals surface area contributed by atoms with Crippen LogP contribution in [0.3, 0.4) is 0 Å². The summed E-state index contributed by atoms with van der Waals surface area (Å²) in [6, 6.07) is 4.54. The lowest BCUT2D eigenvalue weighted by Crippen LogP contribution is -2.40. The molecule has 5 heteroatoms.